The molecule has 2 aromatic heterocycles. The van der Waals surface area contributed by atoms with Gasteiger partial charge in [0.2, 0.25) is 0 Å². The number of hydrogen-bond donors (Lipinski definition) is 1. The van der Waals surface area contributed by atoms with Crippen molar-refractivity contribution in [2.45, 2.75) is 27.0 Å². The smallest absolute Gasteiger partial charge is 0.158 e. The van der Waals surface area contributed by atoms with E-state index in [0.717, 1.165) is 23.9 Å². The highest BCUT2D eigenvalue weighted by atomic mass is 16.5. The molecule has 0 fully saturated rings. The molecule has 0 aliphatic rings. The van der Waals surface area contributed by atoms with E-state index < -0.39 is 0 Å². The summed E-state index contributed by atoms with van der Waals surface area (Å²) in [5.41, 5.74) is 0. The fraction of sp³-hybridized carbons (Fsp3) is 0.467. The molecule has 1 N–H and O–H groups in total. The standard InChI is InChI=1S/C15H22N4O2/c1-4-19(10-12-7-6-8-21-12)15-9-13(16-3)17-14(18-15)11-20-5-2/h6-9H,4-5,10-11H2,1-3H3,(H,16,17,18). The van der Waals surface area contributed by atoms with Crippen molar-refractivity contribution in [1.82, 2.24) is 9.97 Å². The lowest BCUT2D eigenvalue weighted by Crippen LogP contribution is -2.23. The minimum atomic E-state index is 0.414. The highest BCUT2D eigenvalue weighted by Crippen LogP contribution is 2.18. The van der Waals surface area contributed by atoms with Crippen LogP contribution in [0.1, 0.15) is 25.4 Å². The van der Waals surface area contributed by atoms with Crippen molar-refractivity contribution < 1.29 is 9.15 Å². The summed E-state index contributed by atoms with van der Waals surface area (Å²) >= 11 is 0. The van der Waals surface area contributed by atoms with Crippen LogP contribution in [0.15, 0.2) is 28.9 Å². The number of ether oxygens (including phenoxy) is 1. The maximum absolute atomic E-state index is 5.41. The van der Waals surface area contributed by atoms with Gasteiger partial charge in [0.05, 0.1) is 12.8 Å². The third-order valence-corrected chi connectivity index (χ3v) is 3.08. The molecule has 21 heavy (non-hydrogen) atoms. The fourth-order valence-electron chi connectivity index (χ4n) is 1.98. The lowest BCUT2D eigenvalue weighted by molar-refractivity contribution is 0.128. The molecule has 0 saturated carbocycles. The summed E-state index contributed by atoms with van der Waals surface area (Å²) in [6.07, 6.45) is 1.68. The summed E-state index contributed by atoms with van der Waals surface area (Å²) in [6, 6.07) is 5.79. The first-order chi connectivity index (χ1) is 10.3. The molecule has 0 radical (unpaired) electrons. The SMILES string of the molecule is CCOCc1nc(NC)cc(N(CC)Cc2ccco2)n1. The molecule has 2 aromatic rings. The molecule has 6 heteroatoms. The third kappa shape index (κ3) is 4.19. The average Bonchev–Trinajstić information content (AvgIpc) is 3.03. The predicted octanol–water partition coefficient (Wildman–Crippen LogP) is 2.67. The van der Waals surface area contributed by atoms with E-state index in [1.54, 1.807) is 6.26 Å². The van der Waals surface area contributed by atoms with Crippen LogP contribution in [0.5, 0.6) is 0 Å². The molecule has 114 valence electrons. The zero-order chi connectivity index (χ0) is 15.1. The van der Waals surface area contributed by atoms with E-state index in [0.29, 0.717) is 25.6 Å². The zero-order valence-corrected chi connectivity index (χ0v) is 12.8. The first-order valence-corrected chi connectivity index (χ1v) is 7.17. The molecular formula is C15H22N4O2. The zero-order valence-electron chi connectivity index (χ0n) is 12.8. The predicted molar refractivity (Wildman–Crippen MR) is 82.3 cm³/mol. The molecule has 0 aromatic carbocycles. The van der Waals surface area contributed by atoms with Crippen molar-refractivity contribution >= 4 is 11.6 Å². The Morgan fingerprint density at radius 2 is 2.19 bits per heavy atom. The number of aromatic nitrogens is 2. The van der Waals surface area contributed by atoms with Crippen LogP contribution < -0.4 is 10.2 Å². The molecule has 0 amide bonds. The van der Waals surface area contributed by atoms with E-state index in [2.05, 4.69) is 27.1 Å². The summed E-state index contributed by atoms with van der Waals surface area (Å²) in [5, 5.41) is 3.07. The number of furan rings is 1. The van der Waals surface area contributed by atoms with Gasteiger partial charge in [0.1, 0.15) is 24.0 Å². The van der Waals surface area contributed by atoms with Crippen LogP contribution in [-0.2, 0) is 17.9 Å². The van der Waals surface area contributed by atoms with Crippen molar-refractivity contribution in [2.75, 3.05) is 30.4 Å². The molecule has 2 rings (SSSR count). The number of anilines is 2. The molecule has 0 bridgehead atoms. The largest absolute Gasteiger partial charge is 0.467 e. The Kier molecular flexibility index (Phi) is 5.57. The molecule has 0 atom stereocenters. The van der Waals surface area contributed by atoms with Crippen LogP contribution in [0, 0.1) is 0 Å². The average molecular weight is 290 g/mol. The second-order valence-electron chi connectivity index (χ2n) is 4.51. The maximum Gasteiger partial charge on any atom is 0.158 e. The molecule has 0 aliphatic heterocycles. The number of hydrogen-bond acceptors (Lipinski definition) is 6. The number of nitrogens with one attached hydrogen (secondary N) is 1. The summed E-state index contributed by atoms with van der Waals surface area (Å²) in [6.45, 7) is 6.61. The lowest BCUT2D eigenvalue weighted by atomic mass is 10.3. The van der Waals surface area contributed by atoms with Gasteiger partial charge in [-0.15, -0.1) is 0 Å². The van der Waals surface area contributed by atoms with Crippen molar-refractivity contribution in [1.29, 1.82) is 0 Å². The van der Waals surface area contributed by atoms with Crippen molar-refractivity contribution in [3.05, 3.63) is 36.0 Å². The Balaban J connectivity index is 2.22. The molecular weight excluding hydrogens is 268 g/mol. The molecule has 2 heterocycles. The van der Waals surface area contributed by atoms with Gasteiger partial charge < -0.3 is 19.4 Å². The number of nitrogens with zero attached hydrogens (tertiary/aromatic N) is 3. The van der Waals surface area contributed by atoms with E-state index in [1.807, 2.05) is 32.2 Å². The summed E-state index contributed by atoms with van der Waals surface area (Å²) < 4.78 is 10.8. The van der Waals surface area contributed by atoms with E-state index in [-0.39, 0.29) is 0 Å². The van der Waals surface area contributed by atoms with Gasteiger partial charge in [-0.2, -0.15) is 0 Å². The number of rotatable bonds is 8. The van der Waals surface area contributed by atoms with Crippen LogP contribution in [0.3, 0.4) is 0 Å². The van der Waals surface area contributed by atoms with Crippen LogP contribution in [0.2, 0.25) is 0 Å². The van der Waals surface area contributed by atoms with Gasteiger partial charge in [-0.05, 0) is 26.0 Å². The maximum atomic E-state index is 5.41. The van der Waals surface area contributed by atoms with Crippen LogP contribution >= 0.6 is 0 Å². The van der Waals surface area contributed by atoms with E-state index >= 15 is 0 Å². The highest BCUT2D eigenvalue weighted by molar-refractivity contribution is 5.49. The van der Waals surface area contributed by atoms with Gasteiger partial charge in [0.15, 0.2) is 5.82 Å². The fourth-order valence-corrected chi connectivity index (χ4v) is 1.98. The molecule has 6 nitrogen and oxygen atoms in total. The first-order valence-electron chi connectivity index (χ1n) is 7.17. The molecule has 0 aliphatic carbocycles. The Hall–Kier alpha value is -2.08. The normalized spacial score (nSPS) is 10.6. The molecule has 0 spiro atoms. The van der Waals surface area contributed by atoms with E-state index in [9.17, 15) is 0 Å². The van der Waals surface area contributed by atoms with Crippen molar-refractivity contribution in [3.8, 4) is 0 Å². The Bertz CT molecular complexity index is 543. The van der Waals surface area contributed by atoms with E-state index in [1.165, 1.54) is 0 Å². The van der Waals surface area contributed by atoms with Crippen LogP contribution in [0.4, 0.5) is 11.6 Å². The quantitative estimate of drug-likeness (QED) is 0.806. The molecule has 0 saturated heterocycles. The minimum Gasteiger partial charge on any atom is -0.467 e. The Labute approximate surface area is 125 Å². The Morgan fingerprint density at radius 1 is 1.33 bits per heavy atom. The van der Waals surface area contributed by atoms with Crippen molar-refractivity contribution in [2.24, 2.45) is 0 Å². The van der Waals surface area contributed by atoms with Gasteiger partial charge in [0.25, 0.3) is 0 Å². The summed E-state index contributed by atoms with van der Waals surface area (Å²) in [4.78, 5) is 11.1. The third-order valence-electron chi connectivity index (χ3n) is 3.08. The van der Waals surface area contributed by atoms with Gasteiger partial charge >= 0.3 is 0 Å². The second kappa shape index (κ2) is 7.64. The van der Waals surface area contributed by atoms with Crippen molar-refractivity contribution in [3.63, 3.8) is 0 Å². The van der Waals surface area contributed by atoms with Gasteiger partial charge in [-0.3, -0.25) is 0 Å². The van der Waals surface area contributed by atoms with Crippen LogP contribution in [0.25, 0.3) is 0 Å². The van der Waals surface area contributed by atoms with E-state index in [4.69, 9.17) is 9.15 Å². The topological polar surface area (TPSA) is 63.4 Å². The summed E-state index contributed by atoms with van der Waals surface area (Å²) in [5.74, 6) is 3.24. The lowest BCUT2D eigenvalue weighted by Gasteiger charge is -2.21. The Morgan fingerprint density at radius 3 is 2.81 bits per heavy atom. The van der Waals surface area contributed by atoms with Crippen LogP contribution in [-0.4, -0.2) is 30.2 Å². The van der Waals surface area contributed by atoms with Gasteiger partial charge in [-0.1, -0.05) is 0 Å². The van der Waals surface area contributed by atoms with Gasteiger partial charge in [0, 0.05) is 26.3 Å². The summed E-state index contributed by atoms with van der Waals surface area (Å²) in [7, 11) is 1.85. The highest BCUT2D eigenvalue weighted by Gasteiger charge is 2.12. The molecule has 0 unspecified atom stereocenters. The van der Waals surface area contributed by atoms with Gasteiger partial charge in [-0.25, -0.2) is 9.97 Å². The second-order valence-corrected chi connectivity index (χ2v) is 4.51. The monoisotopic (exact) mass is 290 g/mol. The first kappa shape index (κ1) is 15.3. The minimum absolute atomic E-state index is 0.414.